The van der Waals surface area contributed by atoms with Crippen LogP contribution in [0.5, 0.6) is 0 Å². The number of hydrogen-bond donors (Lipinski definition) is 3. The van der Waals surface area contributed by atoms with Crippen molar-refractivity contribution in [2.75, 3.05) is 26.2 Å². The second kappa shape index (κ2) is 14.6. The molecule has 2 aromatic heterocycles. The number of rotatable bonds is 14. The Hall–Kier alpha value is -3.97. The molecule has 246 valence electrons. The number of aromatic carboxylic acids is 1. The van der Waals surface area contributed by atoms with E-state index >= 15 is 0 Å². The van der Waals surface area contributed by atoms with E-state index in [9.17, 15) is 14.7 Å². The summed E-state index contributed by atoms with van der Waals surface area (Å²) >= 11 is 0. The van der Waals surface area contributed by atoms with Crippen molar-refractivity contribution in [3.63, 3.8) is 0 Å². The van der Waals surface area contributed by atoms with Gasteiger partial charge in [0.25, 0.3) is 0 Å². The summed E-state index contributed by atoms with van der Waals surface area (Å²) < 4.78 is 0. The highest BCUT2D eigenvalue weighted by atomic mass is 16.4. The maximum absolute atomic E-state index is 14.1. The Morgan fingerprint density at radius 1 is 0.935 bits per heavy atom. The molecule has 0 aliphatic rings. The summed E-state index contributed by atoms with van der Waals surface area (Å²) in [5.41, 5.74) is 8.21. The average Bonchev–Trinajstić information content (AvgIpc) is 3.37. The van der Waals surface area contributed by atoms with Crippen LogP contribution < -0.4 is 5.32 Å². The van der Waals surface area contributed by atoms with Gasteiger partial charge in [0.1, 0.15) is 0 Å². The van der Waals surface area contributed by atoms with Crippen LogP contribution in [-0.2, 0) is 16.6 Å². The van der Waals surface area contributed by atoms with E-state index in [2.05, 4.69) is 83.0 Å². The fourth-order valence-corrected chi connectivity index (χ4v) is 6.41. The Morgan fingerprint density at radius 2 is 1.54 bits per heavy atom. The molecule has 1 unspecified atom stereocenters. The Bertz CT molecular complexity index is 1640. The minimum atomic E-state index is -0.911. The maximum Gasteiger partial charge on any atom is 0.335 e. The fourth-order valence-electron chi connectivity index (χ4n) is 6.41. The molecule has 0 spiro atoms. The van der Waals surface area contributed by atoms with Crippen molar-refractivity contribution < 1.29 is 14.7 Å². The van der Waals surface area contributed by atoms with E-state index in [4.69, 9.17) is 4.98 Å². The van der Waals surface area contributed by atoms with E-state index in [0.717, 1.165) is 66.0 Å². The van der Waals surface area contributed by atoms with E-state index < -0.39 is 11.4 Å². The van der Waals surface area contributed by atoms with Crippen LogP contribution in [0.15, 0.2) is 54.7 Å². The van der Waals surface area contributed by atoms with Crippen LogP contribution in [-0.4, -0.2) is 58.0 Å². The molecule has 0 saturated carbocycles. The van der Waals surface area contributed by atoms with Crippen LogP contribution in [0.2, 0.25) is 0 Å². The smallest absolute Gasteiger partial charge is 0.335 e. The van der Waals surface area contributed by atoms with Gasteiger partial charge in [-0.2, -0.15) is 0 Å². The molecule has 7 nitrogen and oxygen atoms in total. The van der Waals surface area contributed by atoms with Gasteiger partial charge in [0, 0.05) is 25.0 Å². The van der Waals surface area contributed by atoms with E-state index in [-0.39, 0.29) is 11.8 Å². The first-order valence-electron chi connectivity index (χ1n) is 16.6. The molecule has 7 heteroatoms. The summed E-state index contributed by atoms with van der Waals surface area (Å²) in [6, 6.07) is 15.8. The van der Waals surface area contributed by atoms with Gasteiger partial charge in [0.15, 0.2) is 0 Å². The number of amides is 1. The summed E-state index contributed by atoms with van der Waals surface area (Å²) in [6.07, 6.45) is 2.70. The van der Waals surface area contributed by atoms with Crippen molar-refractivity contribution in [3.8, 4) is 11.3 Å². The standard InChI is InChI=1S/C39H52N4O3/c1-24(2)22-43(23-25(3)4)38(46)39(8,9)34-19-32-33(21-41-34)42-36(31-17-26(5)16-27(6)18-31)35(32)28(7)20-40-15-14-29-10-12-30(13-11-29)37(44)45/h10-13,16-19,21,24-25,28,40,42H,14-15,20,22-23H2,1-9H3,(H,44,45). The molecule has 4 aromatic rings. The van der Waals surface area contributed by atoms with Crippen LogP contribution in [0, 0.1) is 25.7 Å². The molecule has 0 aliphatic carbocycles. The first-order valence-corrected chi connectivity index (χ1v) is 16.6. The zero-order valence-corrected chi connectivity index (χ0v) is 29.1. The second-order valence-corrected chi connectivity index (χ2v) is 14.4. The molecule has 0 fully saturated rings. The molecule has 1 amide bonds. The predicted molar refractivity (Wildman–Crippen MR) is 189 cm³/mol. The van der Waals surface area contributed by atoms with Gasteiger partial charge < -0.3 is 20.3 Å². The molecule has 2 heterocycles. The number of pyridine rings is 1. The molecule has 4 rings (SSSR count). The van der Waals surface area contributed by atoms with Crippen LogP contribution >= 0.6 is 0 Å². The topological polar surface area (TPSA) is 98.3 Å². The number of fused-ring (bicyclic) bond motifs is 1. The van der Waals surface area contributed by atoms with Gasteiger partial charge in [0.2, 0.25) is 5.91 Å². The van der Waals surface area contributed by atoms with Crippen LogP contribution in [0.4, 0.5) is 0 Å². The van der Waals surface area contributed by atoms with Crippen molar-refractivity contribution in [1.29, 1.82) is 0 Å². The molecule has 0 aliphatic heterocycles. The molecular formula is C39H52N4O3. The Morgan fingerprint density at radius 3 is 2.11 bits per heavy atom. The first-order chi connectivity index (χ1) is 21.7. The quantitative estimate of drug-likeness (QED) is 0.124. The van der Waals surface area contributed by atoms with Gasteiger partial charge in [-0.3, -0.25) is 9.78 Å². The fraction of sp³-hybridized carbons (Fsp3) is 0.462. The van der Waals surface area contributed by atoms with E-state index in [1.165, 1.54) is 16.7 Å². The lowest BCUT2D eigenvalue weighted by Gasteiger charge is -2.34. The molecule has 1 atom stereocenters. The third-order valence-electron chi connectivity index (χ3n) is 8.60. The monoisotopic (exact) mass is 624 g/mol. The number of benzene rings is 2. The predicted octanol–water partition coefficient (Wildman–Crippen LogP) is 7.90. The van der Waals surface area contributed by atoms with Crippen molar-refractivity contribution in [2.45, 2.75) is 80.1 Å². The van der Waals surface area contributed by atoms with Crippen molar-refractivity contribution in [3.05, 3.63) is 88.2 Å². The Labute approximate surface area is 274 Å². The van der Waals surface area contributed by atoms with E-state index in [0.29, 0.717) is 17.4 Å². The highest BCUT2D eigenvalue weighted by molar-refractivity contribution is 5.93. The van der Waals surface area contributed by atoms with E-state index in [1.807, 2.05) is 37.1 Å². The summed E-state index contributed by atoms with van der Waals surface area (Å²) in [5.74, 6) is 0.114. The lowest BCUT2D eigenvalue weighted by atomic mass is 9.85. The van der Waals surface area contributed by atoms with Crippen LogP contribution in [0.25, 0.3) is 22.2 Å². The number of aromatic amines is 1. The van der Waals surface area contributed by atoms with Gasteiger partial charge in [-0.25, -0.2) is 4.79 Å². The minimum absolute atomic E-state index is 0.111. The van der Waals surface area contributed by atoms with Crippen LogP contribution in [0.3, 0.4) is 0 Å². The number of carbonyl (C=O) groups is 2. The van der Waals surface area contributed by atoms with Crippen molar-refractivity contribution >= 4 is 22.8 Å². The zero-order chi connectivity index (χ0) is 33.8. The summed E-state index contributed by atoms with van der Waals surface area (Å²) in [6.45, 7) is 22.1. The average molecular weight is 625 g/mol. The number of carbonyl (C=O) groups excluding carboxylic acids is 1. The van der Waals surface area contributed by atoms with Gasteiger partial charge >= 0.3 is 5.97 Å². The van der Waals surface area contributed by atoms with Gasteiger partial charge in [-0.05, 0) is 105 Å². The summed E-state index contributed by atoms with van der Waals surface area (Å²) in [7, 11) is 0. The number of hydrogen-bond acceptors (Lipinski definition) is 4. The maximum atomic E-state index is 14.1. The van der Waals surface area contributed by atoms with Crippen molar-refractivity contribution in [1.82, 2.24) is 20.2 Å². The van der Waals surface area contributed by atoms with Gasteiger partial charge in [-0.1, -0.05) is 63.9 Å². The minimum Gasteiger partial charge on any atom is -0.478 e. The number of aryl methyl sites for hydroxylation is 2. The van der Waals surface area contributed by atoms with E-state index in [1.54, 1.807) is 12.1 Å². The first kappa shape index (κ1) is 34.9. The SMILES string of the molecule is Cc1cc(C)cc(-c2[nH]c3cnc(C(C)(C)C(=O)N(CC(C)C)CC(C)C)cc3c2C(C)CNCCc2ccc(C(=O)O)cc2)c1. The molecule has 46 heavy (non-hydrogen) atoms. The third kappa shape index (κ3) is 8.24. The molecule has 0 radical (unpaired) electrons. The zero-order valence-electron chi connectivity index (χ0n) is 29.1. The number of carboxylic acids is 1. The lowest BCUT2D eigenvalue weighted by Crippen LogP contribution is -2.46. The number of aromatic nitrogens is 2. The Kier molecular flexibility index (Phi) is 11.1. The third-order valence-corrected chi connectivity index (χ3v) is 8.60. The van der Waals surface area contributed by atoms with Crippen LogP contribution in [0.1, 0.15) is 92.7 Å². The molecule has 0 saturated heterocycles. The van der Waals surface area contributed by atoms with Gasteiger partial charge in [0.05, 0.1) is 34.1 Å². The highest BCUT2D eigenvalue weighted by Gasteiger charge is 2.36. The number of nitrogens with one attached hydrogen (secondary N) is 2. The number of carboxylic acid groups (broad SMARTS) is 1. The van der Waals surface area contributed by atoms with Crippen molar-refractivity contribution in [2.24, 2.45) is 11.8 Å². The number of nitrogens with zero attached hydrogens (tertiary/aromatic N) is 2. The second-order valence-electron chi connectivity index (χ2n) is 14.4. The van der Waals surface area contributed by atoms with Gasteiger partial charge in [-0.15, -0.1) is 0 Å². The summed E-state index contributed by atoms with van der Waals surface area (Å²) in [4.78, 5) is 35.9. The lowest BCUT2D eigenvalue weighted by molar-refractivity contribution is -0.137. The number of H-pyrrole nitrogens is 1. The largest absolute Gasteiger partial charge is 0.478 e. The molecule has 0 bridgehead atoms. The molecular weight excluding hydrogens is 572 g/mol. The normalized spacial score (nSPS) is 12.7. The Balaban J connectivity index is 1.67. The highest BCUT2D eigenvalue weighted by Crippen LogP contribution is 2.38. The molecule has 2 aromatic carbocycles. The molecule has 3 N–H and O–H groups in total. The summed E-state index contributed by atoms with van der Waals surface area (Å²) in [5, 5.41) is 13.9.